The molecule has 0 bridgehead atoms. The van der Waals surface area contributed by atoms with Gasteiger partial charge in [-0.2, -0.15) is 18.3 Å². The number of nitrogens with zero attached hydrogens (tertiary/aromatic N) is 1. The smallest absolute Gasteiger partial charge is 0.362 e. The van der Waals surface area contributed by atoms with Gasteiger partial charge in [-0.25, -0.2) is 0 Å². The van der Waals surface area contributed by atoms with Crippen molar-refractivity contribution in [1.82, 2.24) is 10.7 Å². The zero-order valence-corrected chi connectivity index (χ0v) is 10.4. The summed E-state index contributed by atoms with van der Waals surface area (Å²) in [4.78, 5) is 0. The number of alkyl halides is 3. The van der Waals surface area contributed by atoms with Crippen molar-refractivity contribution in [2.24, 2.45) is 5.10 Å². The zero-order chi connectivity index (χ0) is 13.6. The van der Waals surface area contributed by atoms with Crippen LogP contribution >= 0.6 is 12.2 Å². The van der Waals surface area contributed by atoms with Crippen molar-refractivity contribution in [3.63, 3.8) is 0 Å². The standard InChI is InChI=1S/C11H12F3N3S/c1-2-15-10(18)17-16-7-8-4-3-5-9(6-8)11(12,13)14/h3-7H,2H2,1H3,(H2,15,17,18). The first-order chi connectivity index (χ1) is 8.43. The maximum atomic E-state index is 12.4. The Bertz CT molecular complexity index is 443. The Morgan fingerprint density at radius 2 is 2.17 bits per heavy atom. The van der Waals surface area contributed by atoms with E-state index in [4.69, 9.17) is 12.2 Å². The average Bonchev–Trinajstić information content (AvgIpc) is 2.29. The van der Waals surface area contributed by atoms with E-state index in [0.29, 0.717) is 17.2 Å². The molecule has 0 unspecified atom stereocenters. The fraction of sp³-hybridized carbons (Fsp3) is 0.273. The number of hydrogen-bond donors (Lipinski definition) is 2. The molecule has 0 amide bonds. The van der Waals surface area contributed by atoms with Crippen LogP contribution in [-0.4, -0.2) is 17.9 Å². The highest BCUT2D eigenvalue weighted by atomic mass is 32.1. The van der Waals surface area contributed by atoms with Gasteiger partial charge in [-0.15, -0.1) is 0 Å². The van der Waals surface area contributed by atoms with Crippen LogP contribution in [0, 0.1) is 0 Å². The summed E-state index contributed by atoms with van der Waals surface area (Å²) in [6.45, 7) is 2.51. The van der Waals surface area contributed by atoms with Gasteiger partial charge in [-0.1, -0.05) is 12.1 Å². The second-order valence-corrected chi connectivity index (χ2v) is 3.76. The summed E-state index contributed by atoms with van der Waals surface area (Å²) in [7, 11) is 0. The van der Waals surface area contributed by atoms with Crippen LogP contribution in [0.15, 0.2) is 29.4 Å². The molecular formula is C11H12F3N3S. The second-order valence-electron chi connectivity index (χ2n) is 3.35. The normalized spacial score (nSPS) is 11.6. The van der Waals surface area contributed by atoms with E-state index in [0.717, 1.165) is 12.1 Å². The van der Waals surface area contributed by atoms with Crippen molar-refractivity contribution in [1.29, 1.82) is 0 Å². The van der Waals surface area contributed by atoms with Crippen molar-refractivity contribution < 1.29 is 13.2 Å². The van der Waals surface area contributed by atoms with E-state index in [2.05, 4.69) is 15.8 Å². The molecule has 0 spiro atoms. The lowest BCUT2D eigenvalue weighted by atomic mass is 10.1. The van der Waals surface area contributed by atoms with Gasteiger partial charge in [0.1, 0.15) is 0 Å². The van der Waals surface area contributed by atoms with E-state index in [9.17, 15) is 13.2 Å². The molecule has 0 saturated carbocycles. The molecule has 0 aliphatic carbocycles. The number of hydrogen-bond acceptors (Lipinski definition) is 2. The van der Waals surface area contributed by atoms with Crippen LogP contribution in [0.4, 0.5) is 13.2 Å². The first-order valence-corrected chi connectivity index (χ1v) is 5.58. The molecule has 1 aromatic rings. The van der Waals surface area contributed by atoms with Crippen molar-refractivity contribution in [2.75, 3.05) is 6.54 Å². The highest BCUT2D eigenvalue weighted by Crippen LogP contribution is 2.29. The number of hydrazone groups is 1. The molecule has 0 saturated heterocycles. The van der Waals surface area contributed by atoms with E-state index >= 15 is 0 Å². The predicted octanol–water partition coefficient (Wildman–Crippen LogP) is 2.52. The van der Waals surface area contributed by atoms with Crippen molar-refractivity contribution in [3.8, 4) is 0 Å². The van der Waals surface area contributed by atoms with Crippen molar-refractivity contribution in [3.05, 3.63) is 35.4 Å². The Morgan fingerprint density at radius 1 is 1.44 bits per heavy atom. The minimum absolute atomic E-state index is 0.320. The fourth-order valence-corrected chi connectivity index (χ4v) is 1.36. The number of rotatable bonds is 3. The van der Waals surface area contributed by atoms with Gasteiger partial charge in [-0.3, -0.25) is 5.43 Å². The minimum atomic E-state index is -4.35. The Morgan fingerprint density at radius 3 is 2.78 bits per heavy atom. The molecule has 1 aromatic carbocycles. The van der Waals surface area contributed by atoms with Gasteiger partial charge in [0.05, 0.1) is 11.8 Å². The molecule has 1 rings (SSSR count). The largest absolute Gasteiger partial charge is 0.416 e. The molecule has 0 aliphatic heterocycles. The highest BCUT2D eigenvalue weighted by molar-refractivity contribution is 7.80. The lowest BCUT2D eigenvalue weighted by Crippen LogP contribution is -2.31. The van der Waals surface area contributed by atoms with Gasteiger partial charge in [0.15, 0.2) is 5.11 Å². The third-order valence-corrected chi connectivity index (χ3v) is 2.17. The molecule has 0 aromatic heterocycles. The van der Waals surface area contributed by atoms with Crippen LogP contribution < -0.4 is 10.7 Å². The Hall–Kier alpha value is -1.63. The minimum Gasteiger partial charge on any atom is -0.362 e. The summed E-state index contributed by atoms with van der Waals surface area (Å²) in [6.07, 6.45) is -3.07. The van der Waals surface area contributed by atoms with Crippen LogP contribution in [-0.2, 0) is 6.18 Å². The van der Waals surface area contributed by atoms with Crippen LogP contribution in [0.5, 0.6) is 0 Å². The van der Waals surface area contributed by atoms with E-state index in [1.807, 2.05) is 6.92 Å². The summed E-state index contributed by atoms with van der Waals surface area (Å²) >= 11 is 4.84. The van der Waals surface area contributed by atoms with Gasteiger partial charge >= 0.3 is 6.18 Å². The summed E-state index contributed by atoms with van der Waals surface area (Å²) < 4.78 is 37.3. The summed E-state index contributed by atoms with van der Waals surface area (Å²) in [5, 5.41) is 6.85. The molecule has 98 valence electrons. The average molecular weight is 275 g/mol. The van der Waals surface area contributed by atoms with Crippen LogP contribution in [0.1, 0.15) is 18.1 Å². The number of benzene rings is 1. The predicted molar refractivity (Wildman–Crippen MR) is 68.4 cm³/mol. The molecule has 0 fully saturated rings. The fourth-order valence-electron chi connectivity index (χ4n) is 1.16. The second kappa shape index (κ2) is 6.34. The molecule has 3 nitrogen and oxygen atoms in total. The molecule has 2 N–H and O–H groups in total. The van der Waals surface area contributed by atoms with Crippen molar-refractivity contribution in [2.45, 2.75) is 13.1 Å². The quantitative estimate of drug-likeness (QED) is 0.505. The molecule has 18 heavy (non-hydrogen) atoms. The lowest BCUT2D eigenvalue weighted by Gasteiger charge is -2.06. The summed E-state index contributed by atoms with van der Waals surface area (Å²) in [5.41, 5.74) is 2.14. The van der Waals surface area contributed by atoms with Gasteiger partial charge < -0.3 is 5.32 Å². The Labute approximate surface area is 108 Å². The maximum absolute atomic E-state index is 12.4. The number of halogens is 3. The number of thiocarbonyl (C=S) groups is 1. The van der Waals surface area contributed by atoms with Crippen LogP contribution in [0.2, 0.25) is 0 Å². The SMILES string of the molecule is CCNC(=S)NN=Cc1cccc(C(F)(F)F)c1. The third kappa shape index (κ3) is 4.70. The molecule has 0 heterocycles. The monoisotopic (exact) mass is 275 g/mol. The van der Waals surface area contributed by atoms with E-state index in [1.165, 1.54) is 18.3 Å². The molecular weight excluding hydrogens is 263 g/mol. The molecule has 7 heteroatoms. The van der Waals surface area contributed by atoms with Crippen LogP contribution in [0.3, 0.4) is 0 Å². The molecule has 0 aliphatic rings. The Balaban J connectivity index is 2.68. The van der Waals surface area contributed by atoms with E-state index in [-0.39, 0.29) is 0 Å². The molecule has 0 radical (unpaired) electrons. The summed E-state index contributed by atoms with van der Waals surface area (Å²) in [5.74, 6) is 0. The maximum Gasteiger partial charge on any atom is 0.416 e. The van der Waals surface area contributed by atoms with Crippen molar-refractivity contribution >= 4 is 23.5 Å². The highest BCUT2D eigenvalue weighted by Gasteiger charge is 2.30. The third-order valence-electron chi connectivity index (χ3n) is 1.93. The zero-order valence-electron chi connectivity index (χ0n) is 9.58. The van der Waals surface area contributed by atoms with Gasteiger partial charge in [-0.05, 0) is 36.8 Å². The lowest BCUT2D eigenvalue weighted by molar-refractivity contribution is -0.137. The van der Waals surface area contributed by atoms with Gasteiger partial charge in [0, 0.05) is 6.54 Å². The van der Waals surface area contributed by atoms with Gasteiger partial charge in [0.2, 0.25) is 0 Å². The number of nitrogens with one attached hydrogen (secondary N) is 2. The van der Waals surface area contributed by atoms with E-state index in [1.54, 1.807) is 0 Å². The first kappa shape index (κ1) is 14.4. The first-order valence-electron chi connectivity index (χ1n) is 5.17. The van der Waals surface area contributed by atoms with E-state index < -0.39 is 11.7 Å². The van der Waals surface area contributed by atoms with Crippen LogP contribution in [0.25, 0.3) is 0 Å². The summed E-state index contributed by atoms with van der Waals surface area (Å²) in [6, 6.07) is 4.87. The molecule has 0 atom stereocenters. The Kier molecular flexibility index (Phi) is 5.08. The van der Waals surface area contributed by atoms with Gasteiger partial charge in [0.25, 0.3) is 0 Å². The topological polar surface area (TPSA) is 36.4 Å².